The molecule has 1 N–H and O–H groups in total. The van der Waals surface area contributed by atoms with Crippen LogP contribution in [0.5, 0.6) is 0 Å². The first-order valence-corrected chi connectivity index (χ1v) is 5.97. The zero-order chi connectivity index (χ0) is 11.5. The molecule has 0 atom stereocenters. The number of allylic oxidation sites excluding steroid dienone is 2. The first kappa shape index (κ1) is 10.2. The summed E-state index contributed by atoms with van der Waals surface area (Å²) in [7, 11) is 0. The molecule has 0 radical (unpaired) electrons. The lowest BCUT2D eigenvalue weighted by atomic mass is 9.93. The average molecular weight is 226 g/mol. The first-order chi connectivity index (χ1) is 8.43. The second-order valence-corrected chi connectivity index (χ2v) is 4.29. The van der Waals surface area contributed by atoms with Crippen LogP contribution in [-0.4, -0.2) is 20.6 Å². The second-order valence-electron chi connectivity index (χ2n) is 4.29. The van der Waals surface area contributed by atoms with Crippen molar-refractivity contribution in [2.24, 2.45) is 0 Å². The topological polar surface area (TPSA) is 54.5 Å². The van der Waals surface area contributed by atoms with Crippen LogP contribution in [0, 0.1) is 0 Å². The van der Waals surface area contributed by atoms with Gasteiger partial charge in [-0.2, -0.15) is 5.21 Å². The van der Waals surface area contributed by atoms with Crippen molar-refractivity contribution in [2.75, 3.05) is 0 Å². The Labute approximate surface area is 99.8 Å². The lowest BCUT2D eigenvalue weighted by molar-refractivity contribution is 0.742. The monoisotopic (exact) mass is 226 g/mol. The summed E-state index contributed by atoms with van der Waals surface area (Å²) in [6, 6.07) is 8.36. The van der Waals surface area contributed by atoms with Crippen molar-refractivity contribution in [2.45, 2.75) is 25.7 Å². The van der Waals surface area contributed by atoms with Crippen molar-refractivity contribution in [1.29, 1.82) is 0 Å². The van der Waals surface area contributed by atoms with Gasteiger partial charge in [-0.25, -0.2) is 0 Å². The Balaban J connectivity index is 1.96. The van der Waals surface area contributed by atoms with Gasteiger partial charge in [0.1, 0.15) is 0 Å². The highest BCUT2D eigenvalue weighted by molar-refractivity contribution is 5.70. The smallest absolute Gasteiger partial charge is 0.177 e. The Morgan fingerprint density at radius 3 is 2.82 bits per heavy atom. The number of H-pyrrole nitrogens is 1. The number of hydrogen-bond acceptors (Lipinski definition) is 3. The van der Waals surface area contributed by atoms with Crippen molar-refractivity contribution in [3.05, 3.63) is 35.9 Å². The van der Waals surface area contributed by atoms with E-state index in [1.807, 2.05) is 6.07 Å². The van der Waals surface area contributed by atoms with Crippen molar-refractivity contribution < 1.29 is 0 Å². The van der Waals surface area contributed by atoms with Crippen molar-refractivity contribution in [1.82, 2.24) is 20.6 Å². The van der Waals surface area contributed by atoms with Gasteiger partial charge in [-0.15, -0.1) is 10.2 Å². The van der Waals surface area contributed by atoms with Crippen LogP contribution < -0.4 is 0 Å². The summed E-state index contributed by atoms with van der Waals surface area (Å²) in [5.41, 5.74) is 3.75. The third-order valence-electron chi connectivity index (χ3n) is 3.13. The molecular weight excluding hydrogens is 212 g/mol. The maximum absolute atomic E-state index is 4.01. The highest BCUT2D eigenvalue weighted by Gasteiger charge is 2.08. The summed E-state index contributed by atoms with van der Waals surface area (Å²) in [5, 5.41) is 14.1. The molecule has 0 spiro atoms. The van der Waals surface area contributed by atoms with E-state index < -0.39 is 0 Å². The molecule has 1 aliphatic rings. The van der Waals surface area contributed by atoms with E-state index in [0.717, 1.165) is 5.56 Å². The van der Waals surface area contributed by atoms with Gasteiger partial charge in [-0.3, -0.25) is 0 Å². The van der Waals surface area contributed by atoms with Gasteiger partial charge >= 0.3 is 0 Å². The predicted octanol–water partition coefficient (Wildman–Crippen LogP) is 2.82. The molecule has 1 heterocycles. The van der Waals surface area contributed by atoms with Crippen LogP contribution in [0.25, 0.3) is 17.0 Å². The van der Waals surface area contributed by atoms with Gasteiger partial charge < -0.3 is 0 Å². The van der Waals surface area contributed by atoms with E-state index >= 15 is 0 Å². The molecule has 2 aromatic rings. The average Bonchev–Trinajstić information content (AvgIpc) is 2.94. The molecule has 0 saturated heterocycles. The fourth-order valence-corrected chi connectivity index (χ4v) is 2.24. The molecule has 0 aliphatic heterocycles. The fraction of sp³-hybridized carbons (Fsp3) is 0.308. The van der Waals surface area contributed by atoms with Gasteiger partial charge in [0.05, 0.1) is 0 Å². The Morgan fingerprint density at radius 2 is 2.06 bits per heavy atom. The summed E-state index contributed by atoms with van der Waals surface area (Å²) in [4.78, 5) is 0. The molecule has 17 heavy (non-hydrogen) atoms. The molecule has 1 aromatic heterocycles. The first-order valence-electron chi connectivity index (χ1n) is 5.97. The van der Waals surface area contributed by atoms with E-state index in [-0.39, 0.29) is 0 Å². The van der Waals surface area contributed by atoms with Gasteiger partial charge in [0, 0.05) is 5.56 Å². The molecule has 0 bridgehead atoms. The van der Waals surface area contributed by atoms with Crippen LogP contribution in [0.1, 0.15) is 31.2 Å². The summed E-state index contributed by atoms with van der Waals surface area (Å²) in [6.45, 7) is 0. The standard InChI is InChI=1S/C13H14N4/c1-2-5-10(6-3-1)11-7-4-8-12(9-11)13-14-16-17-15-13/h4-5,7-9H,1-3,6H2,(H,14,15,16,17). The highest BCUT2D eigenvalue weighted by Crippen LogP contribution is 2.28. The van der Waals surface area contributed by atoms with Crippen LogP contribution >= 0.6 is 0 Å². The SMILES string of the molecule is C1=C(c2cccc(-c3nn[nH]n3)c2)CCCC1. The molecule has 4 heteroatoms. The van der Waals surface area contributed by atoms with Crippen molar-refractivity contribution in [3.63, 3.8) is 0 Å². The van der Waals surface area contributed by atoms with E-state index in [0.29, 0.717) is 5.82 Å². The van der Waals surface area contributed by atoms with Crippen LogP contribution in [0.4, 0.5) is 0 Å². The van der Waals surface area contributed by atoms with Gasteiger partial charge in [-0.1, -0.05) is 24.3 Å². The largest absolute Gasteiger partial charge is 0.204 e. The molecule has 0 fully saturated rings. The maximum atomic E-state index is 4.01. The van der Waals surface area contributed by atoms with Gasteiger partial charge in [0.15, 0.2) is 0 Å². The summed E-state index contributed by atoms with van der Waals surface area (Å²) in [5.74, 6) is 0.656. The molecule has 3 rings (SSSR count). The van der Waals surface area contributed by atoms with Crippen LogP contribution in [0.2, 0.25) is 0 Å². The van der Waals surface area contributed by atoms with Gasteiger partial charge in [0.25, 0.3) is 0 Å². The van der Waals surface area contributed by atoms with Crippen LogP contribution in [0.15, 0.2) is 30.3 Å². The number of aromatic amines is 1. The Kier molecular flexibility index (Phi) is 2.69. The van der Waals surface area contributed by atoms with Crippen LogP contribution in [-0.2, 0) is 0 Å². The van der Waals surface area contributed by atoms with Crippen molar-refractivity contribution >= 4 is 5.57 Å². The molecule has 0 amide bonds. The number of aromatic nitrogens is 4. The van der Waals surface area contributed by atoms with E-state index in [9.17, 15) is 0 Å². The zero-order valence-electron chi connectivity index (χ0n) is 9.56. The van der Waals surface area contributed by atoms with Crippen molar-refractivity contribution in [3.8, 4) is 11.4 Å². The Bertz CT molecular complexity index is 528. The zero-order valence-corrected chi connectivity index (χ0v) is 9.56. The lowest BCUT2D eigenvalue weighted by Gasteiger charge is -2.13. The number of tetrazole rings is 1. The summed E-state index contributed by atoms with van der Waals surface area (Å²) in [6.07, 6.45) is 7.32. The maximum Gasteiger partial charge on any atom is 0.204 e. The third kappa shape index (κ3) is 2.11. The molecule has 1 aliphatic carbocycles. The number of hydrogen-bond donors (Lipinski definition) is 1. The normalized spacial score (nSPS) is 15.6. The van der Waals surface area contributed by atoms with Crippen LogP contribution in [0.3, 0.4) is 0 Å². The molecule has 4 nitrogen and oxygen atoms in total. The number of nitrogens with one attached hydrogen (secondary N) is 1. The molecule has 86 valence electrons. The Hall–Kier alpha value is -1.97. The predicted molar refractivity (Wildman–Crippen MR) is 66.1 cm³/mol. The van der Waals surface area contributed by atoms with E-state index in [1.54, 1.807) is 0 Å². The van der Waals surface area contributed by atoms with E-state index in [1.165, 1.54) is 36.8 Å². The Morgan fingerprint density at radius 1 is 1.12 bits per heavy atom. The number of benzene rings is 1. The lowest BCUT2D eigenvalue weighted by Crippen LogP contribution is -1.92. The fourth-order valence-electron chi connectivity index (χ4n) is 2.24. The number of rotatable bonds is 2. The minimum absolute atomic E-state index is 0.656. The van der Waals surface area contributed by atoms with Gasteiger partial charge in [0.2, 0.25) is 5.82 Å². The summed E-state index contributed by atoms with van der Waals surface area (Å²) < 4.78 is 0. The summed E-state index contributed by atoms with van der Waals surface area (Å²) >= 11 is 0. The quantitative estimate of drug-likeness (QED) is 0.856. The molecule has 0 saturated carbocycles. The minimum atomic E-state index is 0.656. The molecular formula is C13H14N4. The number of nitrogens with zero attached hydrogens (tertiary/aromatic N) is 3. The third-order valence-corrected chi connectivity index (χ3v) is 3.13. The van der Waals surface area contributed by atoms with E-state index in [4.69, 9.17) is 0 Å². The highest BCUT2D eigenvalue weighted by atomic mass is 15.5. The minimum Gasteiger partial charge on any atom is -0.177 e. The molecule has 0 unspecified atom stereocenters. The second kappa shape index (κ2) is 4.49. The van der Waals surface area contributed by atoms with E-state index in [2.05, 4.69) is 44.9 Å². The molecule has 1 aromatic carbocycles. The van der Waals surface area contributed by atoms with Gasteiger partial charge in [-0.05, 0) is 48.1 Å².